The molecule has 1 unspecified atom stereocenters. The van der Waals surface area contributed by atoms with Crippen LogP contribution < -0.4 is 5.32 Å². The Balaban J connectivity index is 2.78. The normalized spacial score (nSPS) is 13.4. The lowest BCUT2D eigenvalue weighted by Crippen LogP contribution is -2.46. The highest BCUT2D eigenvalue weighted by atomic mass is 79.9. The average Bonchev–Trinajstić information content (AvgIpc) is 2.39. The van der Waals surface area contributed by atoms with Crippen LogP contribution in [0.25, 0.3) is 0 Å². The van der Waals surface area contributed by atoms with E-state index in [0.29, 0.717) is 11.3 Å². The van der Waals surface area contributed by atoms with Crippen molar-refractivity contribution in [3.8, 4) is 6.07 Å². The molecule has 0 aliphatic carbocycles. The van der Waals surface area contributed by atoms with Gasteiger partial charge in [-0.05, 0) is 31.9 Å². The monoisotopic (exact) mass is 309 g/mol. The van der Waals surface area contributed by atoms with E-state index in [1.54, 1.807) is 12.1 Å². The number of nitriles is 1. The van der Waals surface area contributed by atoms with Gasteiger partial charge in [0.15, 0.2) is 0 Å². The van der Waals surface area contributed by atoms with Crippen LogP contribution in [0.5, 0.6) is 0 Å². The van der Waals surface area contributed by atoms with Crippen LogP contribution in [0.15, 0.2) is 18.3 Å². The zero-order chi connectivity index (χ0) is 13.6. The summed E-state index contributed by atoms with van der Waals surface area (Å²) in [6, 6.07) is 5.13. The first-order chi connectivity index (χ1) is 8.54. The number of hydrogen-bond donors (Lipinski definition) is 1. The molecule has 1 amide bonds. The van der Waals surface area contributed by atoms with Crippen molar-refractivity contribution in [1.82, 2.24) is 10.3 Å². The summed E-state index contributed by atoms with van der Waals surface area (Å²) in [5.74, 6) is -0.204. The van der Waals surface area contributed by atoms with E-state index in [1.807, 2.05) is 19.9 Å². The van der Waals surface area contributed by atoms with E-state index in [2.05, 4.69) is 26.2 Å². The van der Waals surface area contributed by atoms with Gasteiger partial charge < -0.3 is 5.32 Å². The number of nitrogens with one attached hydrogen (secondary N) is 1. The Labute approximate surface area is 116 Å². The van der Waals surface area contributed by atoms with Crippen molar-refractivity contribution in [3.05, 3.63) is 29.6 Å². The van der Waals surface area contributed by atoms with Crippen molar-refractivity contribution in [3.63, 3.8) is 0 Å². The molecule has 1 N–H and O–H groups in total. The van der Waals surface area contributed by atoms with Crippen LogP contribution in [0.3, 0.4) is 0 Å². The van der Waals surface area contributed by atoms with E-state index >= 15 is 0 Å². The molecule has 1 heterocycles. The van der Waals surface area contributed by atoms with E-state index in [4.69, 9.17) is 5.26 Å². The van der Waals surface area contributed by atoms with E-state index in [-0.39, 0.29) is 11.4 Å². The summed E-state index contributed by atoms with van der Waals surface area (Å²) in [7, 11) is 0. The summed E-state index contributed by atoms with van der Waals surface area (Å²) < 4.78 is 0. The van der Waals surface area contributed by atoms with Crippen LogP contribution >= 0.6 is 15.9 Å². The zero-order valence-corrected chi connectivity index (χ0v) is 12.1. The molecule has 0 bridgehead atoms. The number of aromatic nitrogens is 1. The number of halogens is 1. The summed E-state index contributed by atoms with van der Waals surface area (Å²) in [5.41, 5.74) is 0.546. The van der Waals surface area contributed by atoms with Gasteiger partial charge in [-0.3, -0.25) is 4.79 Å². The highest BCUT2D eigenvalue weighted by molar-refractivity contribution is 9.09. The largest absolute Gasteiger partial charge is 0.346 e. The maximum absolute atomic E-state index is 12.0. The fourth-order valence-corrected chi connectivity index (χ4v) is 2.34. The molecule has 96 valence electrons. The molecule has 1 aromatic rings. The van der Waals surface area contributed by atoms with Crippen molar-refractivity contribution >= 4 is 21.8 Å². The van der Waals surface area contributed by atoms with Crippen LogP contribution in [-0.2, 0) is 0 Å². The summed E-state index contributed by atoms with van der Waals surface area (Å²) >= 11 is 3.39. The van der Waals surface area contributed by atoms with Gasteiger partial charge in [-0.15, -0.1) is 0 Å². The molecule has 1 aromatic heterocycles. The Bertz CT molecular complexity index is 452. The second kappa shape index (κ2) is 6.50. The van der Waals surface area contributed by atoms with Gasteiger partial charge in [-0.25, -0.2) is 4.98 Å². The van der Waals surface area contributed by atoms with Gasteiger partial charge in [0.1, 0.15) is 11.8 Å². The van der Waals surface area contributed by atoms with Crippen LogP contribution in [-0.4, -0.2) is 21.8 Å². The third-order valence-electron chi connectivity index (χ3n) is 2.97. The third kappa shape index (κ3) is 3.81. The first kappa shape index (κ1) is 14.7. The van der Waals surface area contributed by atoms with Crippen LogP contribution in [0.1, 0.15) is 42.7 Å². The van der Waals surface area contributed by atoms with Gasteiger partial charge in [0, 0.05) is 17.1 Å². The maximum atomic E-state index is 12.0. The zero-order valence-electron chi connectivity index (χ0n) is 10.5. The van der Waals surface area contributed by atoms with E-state index in [0.717, 1.165) is 18.2 Å². The van der Waals surface area contributed by atoms with E-state index in [1.165, 1.54) is 6.20 Å². The highest BCUT2D eigenvalue weighted by Crippen LogP contribution is 2.16. The lowest BCUT2D eigenvalue weighted by Gasteiger charge is -2.28. The summed E-state index contributed by atoms with van der Waals surface area (Å²) in [5, 5.41) is 12.5. The van der Waals surface area contributed by atoms with E-state index < -0.39 is 0 Å². The fourth-order valence-electron chi connectivity index (χ4n) is 1.47. The second-order valence-electron chi connectivity index (χ2n) is 4.35. The SMILES string of the molecule is CCC(C)(CCBr)NC(=O)c1ccc(C#N)cn1. The number of amides is 1. The molecule has 0 aromatic carbocycles. The van der Waals surface area contributed by atoms with Gasteiger partial charge >= 0.3 is 0 Å². The predicted octanol–water partition coefficient (Wildman–Crippen LogP) is 2.64. The molecule has 0 saturated carbocycles. The smallest absolute Gasteiger partial charge is 0.270 e. The number of nitrogens with zero attached hydrogens (tertiary/aromatic N) is 2. The maximum Gasteiger partial charge on any atom is 0.270 e. The standard InChI is InChI=1S/C13H16BrN3O/c1-3-13(2,6-7-14)17-12(18)11-5-4-10(8-15)9-16-11/h4-5,9H,3,6-7H2,1-2H3,(H,17,18). The molecule has 0 fully saturated rings. The molecule has 5 heteroatoms. The van der Waals surface area contributed by atoms with Crippen molar-refractivity contribution in [2.24, 2.45) is 0 Å². The highest BCUT2D eigenvalue weighted by Gasteiger charge is 2.24. The Morgan fingerprint density at radius 2 is 2.33 bits per heavy atom. The van der Waals surface area contributed by atoms with Gasteiger partial charge in [0.05, 0.1) is 5.56 Å². The fraction of sp³-hybridized carbons (Fsp3) is 0.462. The number of carbonyl (C=O) groups is 1. The number of alkyl halides is 1. The first-order valence-corrected chi connectivity index (χ1v) is 6.91. The summed E-state index contributed by atoms with van der Waals surface area (Å²) in [4.78, 5) is 16.0. The lowest BCUT2D eigenvalue weighted by atomic mass is 9.95. The molecule has 0 saturated heterocycles. The van der Waals surface area contributed by atoms with Crippen molar-refractivity contribution in [2.45, 2.75) is 32.2 Å². The number of rotatable bonds is 5. The topological polar surface area (TPSA) is 65.8 Å². The summed E-state index contributed by atoms with van der Waals surface area (Å²) in [6.45, 7) is 4.05. The molecular weight excluding hydrogens is 294 g/mol. The molecule has 0 aliphatic heterocycles. The minimum Gasteiger partial charge on any atom is -0.346 e. The molecule has 1 rings (SSSR count). The molecular formula is C13H16BrN3O. The summed E-state index contributed by atoms with van der Waals surface area (Å²) in [6.07, 6.45) is 3.11. The minimum absolute atomic E-state index is 0.204. The van der Waals surface area contributed by atoms with Crippen molar-refractivity contribution in [2.75, 3.05) is 5.33 Å². The molecule has 4 nitrogen and oxygen atoms in total. The Morgan fingerprint density at radius 1 is 1.61 bits per heavy atom. The molecule has 0 radical (unpaired) electrons. The molecule has 0 spiro atoms. The molecule has 18 heavy (non-hydrogen) atoms. The Kier molecular flexibility index (Phi) is 5.29. The lowest BCUT2D eigenvalue weighted by molar-refractivity contribution is 0.0896. The Morgan fingerprint density at radius 3 is 2.78 bits per heavy atom. The predicted molar refractivity (Wildman–Crippen MR) is 73.5 cm³/mol. The van der Waals surface area contributed by atoms with Gasteiger partial charge in [0.2, 0.25) is 0 Å². The third-order valence-corrected chi connectivity index (χ3v) is 3.36. The van der Waals surface area contributed by atoms with E-state index in [9.17, 15) is 4.79 Å². The minimum atomic E-state index is -0.240. The first-order valence-electron chi connectivity index (χ1n) is 5.79. The quantitative estimate of drug-likeness (QED) is 0.850. The number of hydrogen-bond acceptors (Lipinski definition) is 3. The van der Waals surface area contributed by atoms with Gasteiger partial charge in [0.25, 0.3) is 5.91 Å². The second-order valence-corrected chi connectivity index (χ2v) is 5.14. The number of carbonyl (C=O) groups excluding carboxylic acids is 1. The van der Waals surface area contributed by atoms with Crippen LogP contribution in [0, 0.1) is 11.3 Å². The van der Waals surface area contributed by atoms with Crippen molar-refractivity contribution in [1.29, 1.82) is 5.26 Å². The van der Waals surface area contributed by atoms with Crippen molar-refractivity contribution < 1.29 is 4.79 Å². The van der Waals surface area contributed by atoms with Crippen LogP contribution in [0.4, 0.5) is 0 Å². The molecule has 0 aliphatic rings. The average molecular weight is 310 g/mol. The van der Waals surface area contributed by atoms with Gasteiger partial charge in [-0.1, -0.05) is 22.9 Å². The Hall–Kier alpha value is -1.41. The van der Waals surface area contributed by atoms with Gasteiger partial charge in [-0.2, -0.15) is 5.26 Å². The van der Waals surface area contributed by atoms with Crippen LogP contribution in [0.2, 0.25) is 0 Å². The number of pyridine rings is 1. The molecule has 1 atom stereocenters.